The molecule has 0 saturated heterocycles. The number of carbonyl (C=O) groups is 1. The first kappa shape index (κ1) is 21.8. The van der Waals surface area contributed by atoms with Crippen molar-refractivity contribution in [2.24, 2.45) is 10.7 Å². The summed E-state index contributed by atoms with van der Waals surface area (Å²) in [5.41, 5.74) is 6.57. The van der Waals surface area contributed by atoms with Crippen LogP contribution in [0.25, 0.3) is 0 Å². The van der Waals surface area contributed by atoms with Crippen LogP contribution < -0.4 is 15.8 Å². The van der Waals surface area contributed by atoms with Crippen molar-refractivity contribution in [2.45, 2.75) is 18.2 Å². The second kappa shape index (κ2) is 9.72. The van der Waals surface area contributed by atoms with E-state index in [1.54, 1.807) is 0 Å². The van der Waals surface area contributed by atoms with E-state index in [9.17, 15) is 13.4 Å². The van der Waals surface area contributed by atoms with Gasteiger partial charge in [0.1, 0.15) is 22.6 Å². The topological polar surface area (TPSA) is 129 Å². The highest BCUT2D eigenvalue weighted by Gasteiger charge is 2.31. The van der Waals surface area contributed by atoms with Crippen molar-refractivity contribution in [3.05, 3.63) is 47.7 Å². The molecule has 0 saturated carbocycles. The van der Waals surface area contributed by atoms with E-state index in [1.165, 1.54) is 37.7 Å². The predicted octanol–water partition coefficient (Wildman–Crippen LogP) is 1.44. The molecule has 160 valence electrons. The van der Waals surface area contributed by atoms with Crippen LogP contribution in [0.15, 0.2) is 35.6 Å². The van der Waals surface area contributed by atoms with Crippen LogP contribution >= 0.6 is 0 Å². The maximum Gasteiger partial charge on any atom is 0.275 e. The highest BCUT2D eigenvalue weighted by Crippen LogP contribution is 2.29. The van der Waals surface area contributed by atoms with Gasteiger partial charge in [-0.05, 0) is 25.1 Å². The zero-order chi connectivity index (χ0) is 21.7. The summed E-state index contributed by atoms with van der Waals surface area (Å²) in [4.78, 5) is 24.6. The van der Waals surface area contributed by atoms with Crippen LogP contribution in [0.5, 0.6) is 5.88 Å². The van der Waals surface area contributed by atoms with E-state index in [0.717, 1.165) is 0 Å². The second-order valence-electron chi connectivity index (χ2n) is 6.40. The fraction of sp³-hybridized carbons (Fsp3) is 0.368. The van der Waals surface area contributed by atoms with Gasteiger partial charge in [-0.15, -0.1) is 0 Å². The van der Waals surface area contributed by atoms with Gasteiger partial charge < -0.3 is 20.5 Å². The molecule has 0 bridgehead atoms. The second-order valence-corrected chi connectivity index (χ2v) is 8.06. The molecule has 3 unspecified atom stereocenters. The molecule has 2 aromatic rings. The quantitative estimate of drug-likeness (QED) is 0.673. The van der Waals surface area contributed by atoms with E-state index < -0.39 is 33.8 Å². The van der Waals surface area contributed by atoms with Crippen LogP contribution in [0.1, 0.15) is 29.0 Å². The van der Waals surface area contributed by atoms with E-state index in [1.807, 2.05) is 6.92 Å². The summed E-state index contributed by atoms with van der Waals surface area (Å²) in [6.07, 6.45) is 2.59. The normalized spacial score (nSPS) is 21.0. The largest absolute Gasteiger partial charge is 0.480 e. The van der Waals surface area contributed by atoms with E-state index >= 15 is 0 Å². The summed E-state index contributed by atoms with van der Waals surface area (Å²) in [6, 6.07) is 3.36. The smallest absolute Gasteiger partial charge is 0.275 e. The maximum atomic E-state index is 14.5. The Hall–Kier alpha value is -2.92. The average molecular weight is 435 g/mol. The van der Waals surface area contributed by atoms with Gasteiger partial charge in [0.2, 0.25) is 5.88 Å². The summed E-state index contributed by atoms with van der Waals surface area (Å²) >= 11 is 0. The fourth-order valence-corrected chi connectivity index (χ4v) is 4.24. The number of anilines is 1. The van der Waals surface area contributed by atoms with Crippen LogP contribution in [0.3, 0.4) is 0 Å². The average Bonchev–Trinajstić information content (AvgIpc) is 2.74. The molecule has 2 heterocycles. The molecular weight excluding hydrogens is 413 g/mol. The van der Waals surface area contributed by atoms with E-state index in [4.69, 9.17) is 15.2 Å². The number of ether oxygens (including phenoxy) is 2. The van der Waals surface area contributed by atoms with Gasteiger partial charge in [0, 0.05) is 28.7 Å². The third-order valence-electron chi connectivity index (χ3n) is 4.43. The standard InChI is InChI=1S/C19H22FN5O4S/c1-3-29-9-16-18(21)25-15(10-30(16)27)12-6-11(4-5-13(12)20)24-19(26)14-7-23-17(28-2)8-22-14/h4-8,15-16H,3,9-10H2,1-2H3,(H2,21,25)(H,24,26). The summed E-state index contributed by atoms with van der Waals surface area (Å²) < 4.78 is 37.2. The number of methoxy groups -OCH3 is 1. The molecule has 3 rings (SSSR count). The molecule has 0 aliphatic carbocycles. The Morgan fingerprint density at radius 1 is 1.37 bits per heavy atom. The van der Waals surface area contributed by atoms with Crippen molar-refractivity contribution in [1.29, 1.82) is 0 Å². The molecule has 11 heteroatoms. The van der Waals surface area contributed by atoms with Gasteiger partial charge in [-0.25, -0.2) is 14.4 Å². The fourth-order valence-electron chi connectivity index (χ4n) is 2.86. The Kier molecular flexibility index (Phi) is 7.06. The van der Waals surface area contributed by atoms with Crippen molar-refractivity contribution >= 4 is 28.2 Å². The zero-order valence-corrected chi connectivity index (χ0v) is 17.3. The minimum atomic E-state index is -1.36. The third kappa shape index (κ3) is 4.97. The lowest BCUT2D eigenvalue weighted by Crippen LogP contribution is -2.42. The molecule has 0 spiro atoms. The number of halogens is 1. The molecule has 1 aromatic heterocycles. The monoisotopic (exact) mass is 435 g/mol. The minimum Gasteiger partial charge on any atom is -0.480 e. The molecule has 3 N–H and O–H groups in total. The Bertz CT molecular complexity index is 970. The number of nitrogens with one attached hydrogen (secondary N) is 1. The van der Waals surface area contributed by atoms with E-state index in [2.05, 4.69) is 20.3 Å². The van der Waals surface area contributed by atoms with Crippen LogP contribution in [0.2, 0.25) is 0 Å². The van der Waals surface area contributed by atoms with Crippen molar-refractivity contribution in [3.8, 4) is 5.88 Å². The number of nitrogens with zero attached hydrogens (tertiary/aromatic N) is 3. The number of nitrogens with two attached hydrogens (primary N) is 1. The molecule has 9 nitrogen and oxygen atoms in total. The number of aromatic nitrogens is 2. The van der Waals surface area contributed by atoms with Crippen molar-refractivity contribution in [1.82, 2.24) is 9.97 Å². The van der Waals surface area contributed by atoms with Crippen LogP contribution in [0, 0.1) is 5.82 Å². The number of carbonyl (C=O) groups excluding carboxylic acids is 1. The van der Waals surface area contributed by atoms with Gasteiger partial charge in [0.15, 0.2) is 0 Å². The first-order valence-corrected chi connectivity index (χ1v) is 10.6. The van der Waals surface area contributed by atoms with E-state index in [0.29, 0.717) is 12.3 Å². The highest BCUT2D eigenvalue weighted by molar-refractivity contribution is 7.86. The predicted molar refractivity (Wildman–Crippen MR) is 111 cm³/mol. The van der Waals surface area contributed by atoms with Crippen LogP contribution in [-0.2, 0) is 15.5 Å². The zero-order valence-electron chi connectivity index (χ0n) is 16.5. The number of rotatable bonds is 7. The number of amidine groups is 1. The number of aliphatic imine (C=N–C) groups is 1. The lowest BCUT2D eigenvalue weighted by Gasteiger charge is -2.26. The summed E-state index contributed by atoms with van der Waals surface area (Å²) in [7, 11) is 0.0772. The lowest BCUT2D eigenvalue weighted by molar-refractivity contribution is 0.102. The Morgan fingerprint density at radius 2 is 2.17 bits per heavy atom. The Labute approximate surface area is 175 Å². The summed E-state index contributed by atoms with van der Waals surface area (Å²) in [5.74, 6) is -0.496. The Balaban J connectivity index is 1.79. The van der Waals surface area contributed by atoms with Crippen molar-refractivity contribution in [3.63, 3.8) is 0 Å². The van der Waals surface area contributed by atoms with Crippen molar-refractivity contribution < 1.29 is 22.9 Å². The number of amides is 1. The number of hydrogen-bond acceptors (Lipinski definition) is 8. The molecule has 1 aliphatic rings. The molecule has 30 heavy (non-hydrogen) atoms. The van der Waals surface area contributed by atoms with Gasteiger partial charge >= 0.3 is 0 Å². The number of benzene rings is 1. The summed E-state index contributed by atoms with van der Waals surface area (Å²) in [5, 5.41) is 2.12. The SMILES string of the molecule is CCOCC1C(N)=NC(c2cc(NC(=O)c3cnc(OC)cn3)ccc2F)CS1=O. The Morgan fingerprint density at radius 3 is 2.80 bits per heavy atom. The number of hydrogen-bond donors (Lipinski definition) is 2. The summed E-state index contributed by atoms with van der Waals surface area (Å²) in [6.45, 7) is 2.50. The lowest BCUT2D eigenvalue weighted by atomic mass is 10.1. The third-order valence-corrected chi connectivity index (χ3v) is 6.09. The van der Waals surface area contributed by atoms with E-state index in [-0.39, 0.29) is 35.3 Å². The van der Waals surface area contributed by atoms with Crippen molar-refractivity contribution in [2.75, 3.05) is 31.4 Å². The van der Waals surface area contributed by atoms with Gasteiger partial charge in [-0.2, -0.15) is 0 Å². The molecule has 0 radical (unpaired) electrons. The molecular formula is C19H22FN5O4S. The molecule has 3 atom stereocenters. The first-order chi connectivity index (χ1) is 14.4. The van der Waals surface area contributed by atoms with Gasteiger partial charge in [0.25, 0.3) is 5.91 Å². The molecule has 0 fully saturated rings. The van der Waals surface area contributed by atoms with Gasteiger partial charge in [-0.1, -0.05) is 0 Å². The maximum absolute atomic E-state index is 14.5. The minimum absolute atomic E-state index is 0.0708. The van der Waals surface area contributed by atoms with Gasteiger partial charge in [-0.3, -0.25) is 14.0 Å². The molecule has 1 aromatic carbocycles. The van der Waals surface area contributed by atoms with Crippen LogP contribution in [0.4, 0.5) is 10.1 Å². The first-order valence-electron chi connectivity index (χ1n) is 9.17. The highest BCUT2D eigenvalue weighted by atomic mass is 32.2. The molecule has 1 aliphatic heterocycles. The van der Waals surface area contributed by atoms with Gasteiger partial charge in [0.05, 0.1) is 37.9 Å². The molecule has 1 amide bonds. The van der Waals surface area contributed by atoms with Crippen LogP contribution in [-0.4, -0.2) is 57.2 Å².